The molecule has 9 nitrogen and oxygen atoms in total. The number of amides is 1. The molecule has 0 saturated carbocycles. The Morgan fingerprint density at radius 1 is 1.18 bits per heavy atom. The van der Waals surface area contributed by atoms with E-state index < -0.39 is 11.6 Å². The summed E-state index contributed by atoms with van der Waals surface area (Å²) in [4.78, 5) is 19.4. The maximum atomic E-state index is 15.9. The first-order valence-corrected chi connectivity index (χ1v) is 15.2. The quantitative estimate of drug-likeness (QED) is 0.220. The Balaban J connectivity index is 1.51. The third-order valence-electron chi connectivity index (χ3n) is 8.11. The number of halogens is 2. The summed E-state index contributed by atoms with van der Waals surface area (Å²) in [6.45, 7) is 5.85. The number of ether oxygens (including phenoxy) is 1. The highest BCUT2D eigenvalue weighted by molar-refractivity contribution is 7.18. The predicted octanol–water partition coefficient (Wildman–Crippen LogP) is 5.95. The molecule has 0 radical (unpaired) electrons. The highest BCUT2D eigenvalue weighted by Gasteiger charge is 2.30. The summed E-state index contributed by atoms with van der Waals surface area (Å²) < 4.78 is 40.5. The van der Waals surface area contributed by atoms with Crippen molar-refractivity contribution in [2.45, 2.75) is 26.1 Å². The van der Waals surface area contributed by atoms with E-state index in [1.165, 1.54) is 17.4 Å². The lowest BCUT2D eigenvalue weighted by molar-refractivity contribution is -0.129. The van der Waals surface area contributed by atoms with Crippen molar-refractivity contribution in [3.63, 3.8) is 0 Å². The van der Waals surface area contributed by atoms with E-state index in [2.05, 4.69) is 11.7 Å². The number of hydrogen-bond donors (Lipinski definition) is 1. The third kappa shape index (κ3) is 4.86. The number of fused-ring (bicyclic) bond motifs is 3. The van der Waals surface area contributed by atoms with Gasteiger partial charge in [-0.1, -0.05) is 12.6 Å². The Morgan fingerprint density at radius 2 is 2.02 bits per heavy atom. The molecule has 12 heteroatoms. The summed E-state index contributed by atoms with van der Waals surface area (Å²) in [5.41, 5.74) is 4.52. The molecule has 0 saturated heterocycles. The molecule has 4 aromatic heterocycles. The van der Waals surface area contributed by atoms with Gasteiger partial charge in [0.15, 0.2) is 0 Å². The molecule has 45 heavy (non-hydrogen) atoms. The molecule has 1 amide bonds. The van der Waals surface area contributed by atoms with Crippen molar-refractivity contribution in [1.82, 2.24) is 29.4 Å². The van der Waals surface area contributed by atoms with Crippen LogP contribution in [0.3, 0.4) is 0 Å². The van der Waals surface area contributed by atoms with Gasteiger partial charge in [-0.25, -0.2) is 13.8 Å². The number of aliphatic hydroxyl groups excluding tert-OH is 1. The minimum Gasteiger partial charge on any atom is -0.490 e. The topological polar surface area (TPSA) is 98.3 Å². The summed E-state index contributed by atoms with van der Waals surface area (Å²) in [6.07, 6.45) is 3.09. The molecular weight excluding hydrogens is 598 g/mol. The number of benzene rings is 2. The molecule has 1 N–H and O–H groups in total. The first-order valence-electron chi connectivity index (χ1n) is 14.3. The maximum Gasteiger partial charge on any atom is 0.246 e. The van der Waals surface area contributed by atoms with Crippen LogP contribution in [-0.2, 0) is 24.9 Å². The fraction of sp³-hybridized carbons (Fsp3) is 0.212. The van der Waals surface area contributed by atoms with Gasteiger partial charge >= 0.3 is 0 Å². The van der Waals surface area contributed by atoms with Gasteiger partial charge in [-0.3, -0.25) is 14.2 Å². The van der Waals surface area contributed by atoms with Gasteiger partial charge in [0.05, 0.1) is 48.4 Å². The summed E-state index contributed by atoms with van der Waals surface area (Å²) in [5, 5.41) is 22.3. The molecule has 228 valence electrons. The van der Waals surface area contributed by atoms with Crippen LogP contribution in [0, 0.1) is 11.6 Å². The van der Waals surface area contributed by atoms with Crippen molar-refractivity contribution in [1.29, 1.82) is 0 Å². The van der Waals surface area contributed by atoms with Crippen LogP contribution in [0.1, 0.15) is 12.6 Å². The van der Waals surface area contributed by atoms with Crippen molar-refractivity contribution in [3.05, 3.63) is 84.0 Å². The zero-order valence-corrected chi connectivity index (χ0v) is 25.3. The molecule has 1 atom stereocenters. The maximum absolute atomic E-state index is 15.9. The SMILES string of the molecule is C=CC(=O)N1Cc2cc(-c3nc(-c4ccc5c(cnn5C)c4)c4ccsc4c3-c3c(F)cc(F)cc3OCCO)nn2C[C@H]1C. The van der Waals surface area contributed by atoms with Crippen LogP contribution < -0.4 is 4.74 Å². The van der Waals surface area contributed by atoms with E-state index >= 15 is 4.39 Å². The molecular formula is C33H28F2N6O3S. The van der Waals surface area contributed by atoms with Gasteiger partial charge in [-0.15, -0.1) is 11.3 Å². The van der Waals surface area contributed by atoms with Gasteiger partial charge in [0.1, 0.15) is 35.4 Å². The van der Waals surface area contributed by atoms with Crippen LogP contribution in [-0.4, -0.2) is 59.7 Å². The second-order valence-electron chi connectivity index (χ2n) is 10.9. The lowest BCUT2D eigenvalue weighted by Gasteiger charge is -2.33. The van der Waals surface area contributed by atoms with E-state index in [0.717, 1.165) is 39.7 Å². The van der Waals surface area contributed by atoms with Crippen molar-refractivity contribution >= 4 is 38.2 Å². The number of pyridine rings is 1. The number of aliphatic hydroxyl groups is 1. The van der Waals surface area contributed by atoms with E-state index in [-0.39, 0.29) is 36.5 Å². The van der Waals surface area contributed by atoms with Crippen molar-refractivity contribution < 1.29 is 23.4 Å². The van der Waals surface area contributed by atoms with E-state index in [4.69, 9.17) is 14.8 Å². The van der Waals surface area contributed by atoms with E-state index in [1.807, 2.05) is 54.4 Å². The molecule has 0 unspecified atom stereocenters. The van der Waals surface area contributed by atoms with E-state index in [0.29, 0.717) is 40.4 Å². The smallest absolute Gasteiger partial charge is 0.246 e. The molecule has 0 aliphatic carbocycles. The average molecular weight is 627 g/mol. The molecule has 1 aliphatic heterocycles. The molecule has 0 bridgehead atoms. The van der Waals surface area contributed by atoms with Crippen LogP contribution in [0.4, 0.5) is 8.78 Å². The summed E-state index contributed by atoms with van der Waals surface area (Å²) in [6, 6.07) is 11.5. The summed E-state index contributed by atoms with van der Waals surface area (Å²) in [5.74, 6) is -1.86. The molecule has 0 fully saturated rings. The normalized spacial score (nSPS) is 14.7. The second kappa shape index (κ2) is 11.2. The van der Waals surface area contributed by atoms with E-state index in [9.17, 15) is 14.3 Å². The van der Waals surface area contributed by atoms with Crippen molar-refractivity contribution in [2.24, 2.45) is 7.05 Å². The average Bonchev–Trinajstić information content (AvgIpc) is 3.77. The van der Waals surface area contributed by atoms with Crippen LogP contribution >= 0.6 is 11.3 Å². The Labute approximate surface area is 260 Å². The molecule has 7 rings (SSSR count). The van der Waals surface area contributed by atoms with Crippen LogP contribution in [0.25, 0.3) is 54.8 Å². The molecule has 5 heterocycles. The van der Waals surface area contributed by atoms with Crippen molar-refractivity contribution in [3.8, 4) is 39.5 Å². The molecule has 2 aromatic carbocycles. The number of nitrogens with zero attached hydrogens (tertiary/aromatic N) is 6. The Kier molecular flexibility index (Phi) is 7.17. The number of hydrogen-bond acceptors (Lipinski definition) is 7. The summed E-state index contributed by atoms with van der Waals surface area (Å²) >= 11 is 1.40. The molecule has 6 aromatic rings. The number of thiophene rings is 1. The number of carbonyl (C=O) groups is 1. The van der Waals surface area contributed by atoms with Crippen LogP contribution in [0.2, 0.25) is 0 Å². The first kappa shape index (κ1) is 28.8. The Bertz CT molecular complexity index is 2130. The predicted molar refractivity (Wildman–Crippen MR) is 169 cm³/mol. The van der Waals surface area contributed by atoms with Gasteiger partial charge in [-0.2, -0.15) is 10.2 Å². The lowest BCUT2D eigenvalue weighted by Crippen LogP contribution is -2.44. The summed E-state index contributed by atoms with van der Waals surface area (Å²) in [7, 11) is 1.88. The molecule has 1 aliphatic rings. The largest absolute Gasteiger partial charge is 0.490 e. The van der Waals surface area contributed by atoms with Gasteiger partial charge in [0.2, 0.25) is 5.91 Å². The number of carbonyl (C=O) groups excluding carboxylic acids is 1. The standard InChI is InChI=1S/C33H28F2N6O3S/c1-4-28(43)40-17-22-14-25(38-41(22)16-18(40)2)32-30(29-24(35)12-21(34)13-27(29)44-9-8-42)33-23(7-10-45-33)31(37-32)19-5-6-26-20(11-19)15-36-39(26)3/h4-7,10-15,18,42H,1,8-9,16-17H2,2-3H3/t18-/m1/s1. The van der Waals surface area contributed by atoms with Crippen molar-refractivity contribution in [2.75, 3.05) is 13.2 Å². The van der Waals surface area contributed by atoms with E-state index in [1.54, 1.807) is 15.8 Å². The fourth-order valence-corrected chi connectivity index (χ4v) is 6.93. The van der Waals surface area contributed by atoms with Gasteiger partial charge in [0, 0.05) is 51.8 Å². The van der Waals surface area contributed by atoms with Gasteiger partial charge in [-0.05, 0) is 42.6 Å². The van der Waals surface area contributed by atoms with Gasteiger partial charge < -0.3 is 14.7 Å². The second-order valence-corrected chi connectivity index (χ2v) is 11.9. The zero-order valence-electron chi connectivity index (χ0n) is 24.5. The minimum absolute atomic E-state index is 0.0249. The highest BCUT2D eigenvalue weighted by atomic mass is 32.1. The Morgan fingerprint density at radius 3 is 2.82 bits per heavy atom. The zero-order chi connectivity index (χ0) is 31.4. The van der Waals surface area contributed by atoms with Crippen LogP contribution in [0.15, 0.2) is 66.7 Å². The lowest BCUT2D eigenvalue weighted by atomic mass is 9.96. The number of aromatic nitrogens is 5. The minimum atomic E-state index is -0.828. The fourth-order valence-electron chi connectivity index (χ4n) is 5.98. The number of rotatable bonds is 7. The number of aryl methyl sites for hydroxylation is 1. The monoisotopic (exact) mass is 626 g/mol. The van der Waals surface area contributed by atoms with Gasteiger partial charge in [0.25, 0.3) is 0 Å². The van der Waals surface area contributed by atoms with Crippen LogP contribution in [0.5, 0.6) is 5.75 Å². The highest BCUT2D eigenvalue weighted by Crippen LogP contribution is 2.47. The molecule has 0 spiro atoms. The Hall–Kier alpha value is -4.94. The third-order valence-corrected chi connectivity index (χ3v) is 9.04. The first-order chi connectivity index (χ1) is 21.8.